The number of hydrogen-bond donors (Lipinski definition) is 3. The predicted octanol–water partition coefficient (Wildman–Crippen LogP) is 4.88. The molecule has 0 spiro atoms. The third kappa shape index (κ3) is 3.54. The number of aromatic amines is 2. The molecular weight excluding hydrogens is 374 g/mol. The van der Waals surface area contributed by atoms with Gasteiger partial charge in [0.15, 0.2) is 5.78 Å². The van der Waals surface area contributed by atoms with Crippen molar-refractivity contribution < 1.29 is 9.59 Å². The number of fused-ring (bicyclic) bond motifs is 1. The van der Waals surface area contributed by atoms with Crippen LogP contribution in [0.15, 0.2) is 60.8 Å². The summed E-state index contributed by atoms with van der Waals surface area (Å²) in [7, 11) is 0. The molecule has 3 N–H and O–H groups in total. The Kier molecular flexibility index (Phi) is 5.27. The number of ketones is 1. The zero-order valence-corrected chi connectivity index (χ0v) is 17.4. The molecule has 5 nitrogen and oxygen atoms in total. The molecule has 2 heterocycles. The minimum atomic E-state index is -0.205. The highest BCUT2D eigenvalue weighted by atomic mass is 16.2. The van der Waals surface area contributed by atoms with Gasteiger partial charge in [0.2, 0.25) is 0 Å². The maximum Gasteiger partial charge on any atom is 0.268 e. The molecule has 4 rings (SSSR count). The van der Waals surface area contributed by atoms with Crippen molar-refractivity contribution in [2.24, 2.45) is 0 Å². The first-order valence-corrected chi connectivity index (χ1v) is 10.1. The number of H-pyrrole nitrogens is 2. The van der Waals surface area contributed by atoms with Crippen molar-refractivity contribution in [1.29, 1.82) is 0 Å². The first-order chi connectivity index (χ1) is 14.5. The van der Waals surface area contributed by atoms with E-state index in [0.29, 0.717) is 23.4 Å². The Bertz CT molecular complexity index is 1220. The molecule has 2 aromatic carbocycles. The van der Waals surface area contributed by atoms with E-state index < -0.39 is 0 Å². The summed E-state index contributed by atoms with van der Waals surface area (Å²) in [5, 5.41) is 4.22. The maximum atomic E-state index is 13.0. The second kappa shape index (κ2) is 8.03. The Morgan fingerprint density at radius 3 is 2.40 bits per heavy atom. The van der Waals surface area contributed by atoms with E-state index in [4.69, 9.17) is 0 Å². The van der Waals surface area contributed by atoms with E-state index >= 15 is 0 Å². The summed E-state index contributed by atoms with van der Waals surface area (Å²) in [6.45, 7) is 5.59. The standard InChI is InChI=1S/C25H25N3O2/c1-15-23(17(3)29)16(2)28-24(15)25(30)27-13-20(18-9-5-4-6-10-18)21-14-26-22-12-8-7-11-19(21)22/h4-12,14,20,26,28H,13H2,1-3H3,(H,27,30). The number of carbonyl (C=O) groups is 2. The highest BCUT2D eigenvalue weighted by Gasteiger charge is 2.22. The topological polar surface area (TPSA) is 77.8 Å². The van der Waals surface area contributed by atoms with E-state index in [2.05, 4.69) is 33.5 Å². The summed E-state index contributed by atoms with van der Waals surface area (Å²) in [4.78, 5) is 31.3. The normalized spacial score (nSPS) is 12.1. The van der Waals surface area contributed by atoms with Gasteiger partial charge in [0.05, 0.1) is 0 Å². The molecule has 2 aromatic heterocycles. The van der Waals surface area contributed by atoms with Crippen LogP contribution in [0, 0.1) is 13.8 Å². The van der Waals surface area contributed by atoms with E-state index in [1.807, 2.05) is 56.4 Å². The molecule has 152 valence electrons. The molecule has 0 aliphatic heterocycles. The largest absolute Gasteiger partial charge is 0.361 e. The Morgan fingerprint density at radius 2 is 1.70 bits per heavy atom. The van der Waals surface area contributed by atoms with Crippen LogP contribution in [0.25, 0.3) is 10.9 Å². The Morgan fingerprint density at radius 1 is 1.00 bits per heavy atom. The number of carbonyl (C=O) groups excluding carboxylic acids is 2. The summed E-state index contributed by atoms with van der Waals surface area (Å²) in [5.41, 5.74) is 5.80. The molecule has 0 radical (unpaired) electrons. The van der Waals surface area contributed by atoms with Gasteiger partial charge in [0.1, 0.15) is 5.69 Å². The second-order valence-electron chi connectivity index (χ2n) is 7.64. The molecule has 4 aromatic rings. The fourth-order valence-corrected chi connectivity index (χ4v) is 4.26. The van der Waals surface area contributed by atoms with E-state index in [0.717, 1.165) is 27.7 Å². The maximum absolute atomic E-state index is 13.0. The van der Waals surface area contributed by atoms with Gasteiger partial charge in [0.25, 0.3) is 5.91 Å². The lowest BCUT2D eigenvalue weighted by Crippen LogP contribution is -2.29. The molecule has 0 saturated heterocycles. The van der Waals surface area contributed by atoms with Crippen molar-refractivity contribution in [2.45, 2.75) is 26.7 Å². The van der Waals surface area contributed by atoms with Crippen LogP contribution in [0.5, 0.6) is 0 Å². The van der Waals surface area contributed by atoms with E-state index in [1.54, 1.807) is 0 Å². The van der Waals surface area contributed by atoms with Gasteiger partial charge in [-0.2, -0.15) is 0 Å². The molecule has 0 bridgehead atoms. The quantitative estimate of drug-likeness (QED) is 0.404. The molecule has 30 heavy (non-hydrogen) atoms. The number of aryl methyl sites for hydroxylation is 1. The molecule has 1 amide bonds. The van der Waals surface area contributed by atoms with Crippen molar-refractivity contribution >= 4 is 22.6 Å². The Hall–Kier alpha value is -3.60. The molecule has 0 aliphatic rings. The Labute approximate surface area is 175 Å². The predicted molar refractivity (Wildman–Crippen MR) is 119 cm³/mol. The smallest absolute Gasteiger partial charge is 0.268 e. The van der Waals surface area contributed by atoms with Gasteiger partial charge in [-0.25, -0.2) is 0 Å². The lowest BCUT2D eigenvalue weighted by Gasteiger charge is -2.18. The van der Waals surface area contributed by atoms with E-state index in [1.165, 1.54) is 6.92 Å². The van der Waals surface area contributed by atoms with Crippen LogP contribution in [-0.4, -0.2) is 28.2 Å². The number of benzene rings is 2. The summed E-state index contributed by atoms with van der Waals surface area (Å²) in [6, 6.07) is 18.3. The van der Waals surface area contributed by atoms with Gasteiger partial charge in [-0.05, 0) is 43.5 Å². The third-order valence-electron chi connectivity index (χ3n) is 5.68. The van der Waals surface area contributed by atoms with Crippen molar-refractivity contribution in [2.75, 3.05) is 6.54 Å². The van der Waals surface area contributed by atoms with Gasteiger partial charge in [-0.1, -0.05) is 48.5 Å². The van der Waals surface area contributed by atoms with Crippen molar-refractivity contribution in [3.8, 4) is 0 Å². The molecule has 0 saturated carbocycles. The van der Waals surface area contributed by atoms with Crippen molar-refractivity contribution in [1.82, 2.24) is 15.3 Å². The first kappa shape index (κ1) is 19.7. The zero-order valence-electron chi connectivity index (χ0n) is 17.4. The number of rotatable bonds is 6. The van der Waals surface area contributed by atoms with Crippen LogP contribution in [0.4, 0.5) is 0 Å². The van der Waals surface area contributed by atoms with Gasteiger partial charge >= 0.3 is 0 Å². The summed E-state index contributed by atoms with van der Waals surface area (Å²) < 4.78 is 0. The highest BCUT2D eigenvalue weighted by Crippen LogP contribution is 2.30. The average Bonchev–Trinajstić information content (AvgIpc) is 3.29. The summed E-state index contributed by atoms with van der Waals surface area (Å²) in [5.74, 6) is -0.250. The lowest BCUT2D eigenvalue weighted by atomic mass is 9.91. The average molecular weight is 399 g/mol. The van der Waals surface area contributed by atoms with Crippen LogP contribution in [-0.2, 0) is 0 Å². The molecule has 5 heteroatoms. The fraction of sp³-hybridized carbons (Fsp3) is 0.200. The number of amides is 1. The van der Waals surface area contributed by atoms with Crippen LogP contribution in [0.2, 0.25) is 0 Å². The molecule has 1 unspecified atom stereocenters. The molecule has 0 aliphatic carbocycles. The second-order valence-corrected chi connectivity index (χ2v) is 7.64. The summed E-state index contributed by atoms with van der Waals surface area (Å²) in [6.07, 6.45) is 2.02. The summed E-state index contributed by atoms with van der Waals surface area (Å²) >= 11 is 0. The number of hydrogen-bond acceptors (Lipinski definition) is 2. The third-order valence-corrected chi connectivity index (χ3v) is 5.68. The SMILES string of the molecule is CC(=O)c1c(C)[nH]c(C(=O)NCC(c2ccccc2)c2c[nH]c3ccccc23)c1C. The van der Waals surface area contributed by atoms with Gasteiger partial charge in [-0.3, -0.25) is 9.59 Å². The first-order valence-electron chi connectivity index (χ1n) is 10.1. The zero-order chi connectivity index (χ0) is 21.3. The van der Waals surface area contributed by atoms with Crippen LogP contribution in [0.3, 0.4) is 0 Å². The number of Topliss-reactive ketones (excluding diaryl/α,β-unsaturated/α-hetero) is 1. The van der Waals surface area contributed by atoms with Crippen LogP contribution in [0.1, 0.15) is 56.1 Å². The van der Waals surface area contributed by atoms with E-state index in [-0.39, 0.29) is 17.6 Å². The molecule has 0 fully saturated rings. The van der Waals surface area contributed by atoms with Gasteiger partial charge < -0.3 is 15.3 Å². The minimum absolute atomic E-state index is 0.00468. The Balaban J connectivity index is 1.65. The van der Waals surface area contributed by atoms with Gasteiger partial charge in [0, 0.05) is 40.8 Å². The lowest BCUT2D eigenvalue weighted by molar-refractivity contribution is 0.0947. The molecular formula is C25H25N3O2. The number of para-hydroxylation sites is 1. The van der Waals surface area contributed by atoms with Gasteiger partial charge in [-0.15, -0.1) is 0 Å². The molecule has 1 atom stereocenters. The fourth-order valence-electron chi connectivity index (χ4n) is 4.26. The monoisotopic (exact) mass is 399 g/mol. The van der Waals surface area contributed by atoms with Crippen molar-refractivity contribution in [3.05, 3.63) is 94.4 Å². The number of aromatic nitrogens is 2. The van der Waals surface area contributed by atoms with Crippen LogP contribution >= 0.6 is 0 Å². The van der Waals surface area contributed by atoms with Crippen LogP contribution < -0.4 is 5.32 Å². The number of nitrogens with one attached hydrogen (secondary N) is 3. The van der Waals surface area contributed by atoms with E-state index in [9.17, 15) is 9.59 Å². The van der Waals surface area contributed by atoms with Crippen molar-refractivity contribution in [3.63, 3.8) is 0 Å². The minimum Gasteiger partial charge on any atom is -0.361 e. The highest BCUT2D eigenvalue weighted by molar-refractivity contribution is 6.02.